The summed E-state index contributed by atoms with van der Waals surface area (Å²) < 4.78 is 30.8. The molecule has 0 heterocycles. The molecule has 0 aliphatic heterocycles. The summed E-state index contributed by atoms with van der Waals surface area (Å²) in [6, 6.07) is 10.5. The Balaban J connectivity index is 2.28. The molecule has 0 saturated carbocycles. The van der Waals surface area contributed by atoms with Gasteiger partial charge in [-0.05, 0) is 30.3 Å². The van der Waals surface area contributed by atoms with E-state index in [0.717, 1.165) is 10.6 Å². The Hall–Kier alpha value is -3.82. The van der Waals surface area contributed by atoms with Crippen LogP contribution in [0.15, 0.2) is 36.4 Å². The van der Waals surface area contributed by atoms with Gasteiger partial charge in [0.1, 0.15) is 12.3 Å². The summed E-state index contributed by atoms with van der Waals surface area (Å²) in [5.74, 6) is -1.26. The van der Waals surface area contributed by atoms with E-state index in [0.29, 0.717) is 11.1 Å². The second-order valence-corrected chi connectivity index (χ2v) is 9.56. The highest BCUT2D eigenvalue weighted by Gasteiger charge is 2.22. The molecule has 0 aliphatic rings. The number of sulfonamides is 1. The van der Waals surface area contributed by atoms with Crippen molar-refractivity contribution in [3.63, 3.8) is 0 Å². The fourth-order valence-corrected chi connectivity index (χ4v) is 3.93. The van der Waals surface area contributed by atoms with E-state index in [1.165, 1.54) is 44.4 Å². The van der Waals surface area contributed by atoms with Crippen molar-refractivity contribution in [2.24, 2.45) is 0 Å². The van der Waals surface area contributed by atoms with Crippen molar-refractivity contribution >= 4 is 45.0 Å². The Morgan fingerprint density at radius 1 is 1.09 bits per heavy atom. The summed E-state index contributed by atoms with van der Waals surface area (Å²) in [7, 11) is -1.03. The van der Waals surface area contributed by atoms with Crippen LogP contribution in [0.3, 0.4) is 0 Å². The molecule has 0 bridgehead atoms. The molecule has 0 aliphatic carbocycles. The van der Waals surface area contributed by atoms with Crippen LogP contribution in [0.2, 0.25) is 5.02 Å². The minimum atomic E-state index is -3.86. The number of amides is 3. The number of rotatable bonds is 10. The highest BCUT2D eigenvalue weighted by molar-refractivity contribution is 7.92. The summed E-state index contributed by atoms with van der Waals surface area (Å²) in [5.41, 5.74) is 0.908. The van der Waals surface area contributed by atoms with Crippen LogP contribution in [0.5, 0.6) is 5.75 Å². The second kappa shape index (κ2) is 12.0. The molecule has 13 heteroatoms. The Bertz CT molecular complexity index is 1280. The second-order valence-electron chi connectivity index (χ2n) is 7.22. The zero-order valence-electron chi connectivity index (χ0n) is 19.2. The molecule has 0 radical (unpaired) electrons. The Morgan fingerprint density at radius 2 is 1.77 bits per heavy atom. The molecule has 35 heavy (non-hydrogen) atoms. The lowest BCUT2D eigenvalue weighted by Gasteiger charge is -2.22. The number of nitrogens with zero attached hydrogens (tertiary/aromatic N) is 2. The third kappa shape index (κ3) is 7.87. The molecule has 186 valence electrons. The number of halogens is 1. The lowest BCUT2D eigenvalue weighted by Crippen LogP contribution is -2.39. The normalized spacial score (nSPS) is 10.6. The lowest BCUT2D eigenvalue weighted by molar-refractivity contribution is -0.122. The van der Waals surface area contributed by atoms with E-state index in [1.807, 2.05) is 6.07 Å². The summed E-state index contributed by atoms with van der Waals surface area (Å²) in [6.45, 7) is -0.797. The average Bonchev–Trinajstić information content (AvgIpc) is 2.82. The van der Waals surface area contributed by atoms with Crippen LogP contribution in [-0.4, -0.2) is 59.6 Å². The van der Waals surface area contributed by atoms with Gasteiger partial charge in [0.05, 0.1) is 23.6 Å². The number of anilines is 1. The van der Waals surface area contributed by atoms with Gasteiger partial charge in [0.15, 0.2) is 6.61 Å². The van der Waals surface area contributed by atoms with Crippen molar-refractivity contribution in [1.29, 1.82) is 5.26 Å². The molecule has 0 unspecified atom stereocenters. The first-order chi connectivity index (χ1) is 16.5. The minimum absolute atomic E-state index is 0.0243. The van der Waals surface area contributed by atoms with Gasteiger partial charge >= 0.3 is 0 Å². The highest BCUT2D eigenvalue weighted by Crippen LogP contribution is 2.25. The van der Waals surface area contributed by atoms with E-state index in [2.05, 4.69) is 16.0 Å². The number of likely N-dealkylation sites (N-methyl/N-ethyl adjacent to an activating group) is 2. The van der Waals surface area contributed by atoms with Gasteiger partial charge in [-0.25, -0.2) is 8.42 Å². The predicted octanol–water partition coefficient (Wildman–Crippen LogP) is 0.778. The van der Waals surface area contributed by atoms with E-state index >= 15 is 0 Å². The molecule has 3 amide bonds. The highest BCUT2D eigenvalue weighted by atomic mass is 35.5. The van der Waals surface area contributed by atoms with Crippen molar-refractivity contribution in [2.75, 3.05) is 37.8 Å². The quantitative estimate of drug-likeness (QED) is 0.416. The number of nitriles is 1. The van der Waals surface area contributed by atoms with Crippen molar-refractivity contribution in [1.82, 2.24) is 16.0 Å². The molecular formula is C22H24ClN5O6S. The Labute approximate surface area is 208 Å². The summed E-state index contributed by atoms with van der Waals surface area (Å²) in [4.78, 5) is 36.2. The number of carbonyl (C=O) groups is 3. The number of carbonyl (C=O) groups excluding carboxylic acids is 3. The maximum Gasteiger partial charge on any atom is 0.257 e. The maximum absolute atomic E-state index is 12.8. The van der Waals surface area contributed by atoms with E-state index in [-0.39, 0.29) is 41.1 Å². The van der Waals surface area contributed by atoms with Gasteiger partial charge in [-0.15, -0.1) is 0 Å². The first-order valence-corrected chi connectivity index (χ1v) is 12.3. The zero-order valence-corrected chi connectivity index (χ0v) is 20.8. The van der Waals surface area contributed by atoms with Gasteiger partial charge in [-0.1, -0.05) is 17.7 Å². The van der Waals surface area contributed by atoms with Gasteiger partial charge in [0, 0.05) is 36.8 Å². The molecule has 2 rings (SSSR count). The van der Waals surface area contributed by atoms with Crippen molar-refractivity contribution in [2.45, 2.75) is 6.54 Å². The SMILES string of the molecule is CNC(=O)COc1cc(C#N)ccc1CNC(=O)c1cc(Cl)cc(N(CC(=O)NC)S(C)(=O)=O)c1. The fraction of sp³-hybridized carbons (Fsp3) is 0.273. The van der Waals surface area contributed by atoms with Crippen molar-refractivity contribution < 1.29 is 27.5 Å². The Morgan fingerprint density at radius 3 is 2.37 bits per heavy atom. The van der Waals surface area contributed by atoms with Crippen LogP contribution in [0.1, 0.15) is 21.5 Å². The molecule has 0 spiro atoms. The van der Waals surface area contributed by atoms with E-state index in [9.17, 15) is 22.8 Å². The molecule has 2 aromatic carbocycles. The minimum Gasteiger partial charge on any atom is -0.483 e. The largest absolute Gasteiger partial charge is 0.483 e. The van der Waals surface area contributed by atoms with Crippen LogP contribution < -0.4 is 25.0 Å². The summed E-state index contributed by atoms with van der Waals surface area (Å²) in [5, 5.41) is 16.7. The Kier molecular flexibility index (Phi) is 9.44. The number of hydrogen-bond acceptors (Lipinski definition) is 7. The zero-order chi connectivity index (χ0) is 26.2. The number of nitrogens with one attached hydrogen (secondary N) is 3. The lowest BCUT2D eigenvalue weighted by atomic mass is 10.1. The average molecular weight is 522 g/mol. The van der Waals surface area contributed by atoms with Crippen molar-refractivity contribution in [3.8, 4) is 11.8 Å². The first-order valence-electron chi connectivity index (χ1n) is 10.1. The number of benzene rings is 2. The summed E-state index contributed by atoms with van der Waals surface area (Å²) >= 11 is 6.13. The first kappa shape index (κ1) is 27.4. The third-order valence-corrected chi connectivity index (χ3v) is 6.03. The van der Waals surface area contributed by atoms with Gasteiger partial charge in [-0.3, -0.25) is 18.7 Å². The predicted molar refractivity (Wildman–Crippen MR) is 130 cm³/mol. The fourth-order valence-electron chi connectivity index (χ4n) is 2.86. The van der Waals surface area contributed by atoms with Crippen LogP contribution in [0.4, 0.5) is 5.69 Å². The smallest absolute Gasteiger partial charge is 0.257 e. The summed E-state index contributed by atoms with van der Waals surface area (Å²) in [6.07, 6.45) is 0.932. The van der Waals surface area contributed by atoms with Crippen LogP contribution >= 0.6 is 11.6 Å². The third-order valence-electron chi connectivity index (χ3n) is 4.67. The molecule has 0 fully saturated rings. The van der Waals surface area contributed by atoms with Gasteiger partial charge < -0.3 is 20.7 Å². The molecule has 0 atom stereocenters. The number of ether oxygens (including phenoxy) is 1. The molecule has 0 saturated heterocycles. The molecule has 2 aromatic rings. The molecule has 3 N–H and O–H groups in total. The molecular weight excluding hydrogens is 498 g/mol. The number of hydrogen-bond donors (Lipinski definition) is 3. The molecule has 0 aromatic heterocycles. The standard InChI is InChI=1S/C22H24ClN5O6S/c1-25-20(29)12-28(35(3,32)33)18-8-16(7-17(23)9-18)22(31)27-11-15-5-4-14(10-24)6-19(15)34-13-21(30)26-2/h4-9H,11-13H2,1-3H3,(H,25,29)(H,26,30)(H,27,31). The van der Waals surface area contributed by atoms with Gasteiger partial charge in [0.2, 0.25) is 15.9 Å². The maximum atomic E-state index is 12.8. The van der Waals surface area contributed by atoms with E-state index in [4.69, 9.17) is 21.6 Å². The van der Waals surface area contributed by atoms with Gasteiger partial charge in [-0.2, -0.15) is 5.26 Å². The topological polar surface area (TPSA) is 158 Å². The van der Waals surface area contributed by atoms with Crippen LogP contribution in [0, 0.1) is 11.3 Å². The van der Waals surface area contributed by atoms with Crippen LogP contribution in [0.25, 0.3) is 0 Å². The van der Waals surface area contributed by atoms with E-state index < -0.39 is 28.4 Å². The van der Waals surface area contributed by atoms with Gasteiger partial charge in [0.25, 0.3) is 11.8 Å². The molecule has 11 nitrogen and oxygen atoms in total. The van der Waals surface area contributed by atoms with E-state index in [1.54, 1.807) is 6.07 Å². The van der Waals surface area contributed by atoms with Crippen LogP contribution in [-0.2, 0) is 26.2 Å². The van der Waals surface area contributed by atoms with Crippen molar-refractivity contribution in [3.05, 3.63) is 58.1 Å². The monoisotopic (exact) mass is 521 g/mol.